The molecule has 2 saturated carbocycles. The van der Waals surface area contributed by atoms with Gasteiger partial charge in [0.2, 0.25) is 17.8 Å². The minimum Gasteiger partial charge on any atom is -0.495 e. The molecule has 1 unspecified atom stereocenters. The Morgan fingerprint density at radius 2 is 1.75 bits per heavy atom. The first-order chi connectivity index (χ1) is 30.2. The number of hydrogen-bond donors (Lipinski definition) is 4. The van der Waals surface area contributed by atoms with Crippen LogP contribution in [-0.2, 0) is 14.4 Å². The highest BCUT2D eigenvalue weighted by Crippen LogP contribution is 2.40. The summed E-state index contributed by atoms with van der Waals surface area (Å²) in [6.07, 6.45) is 8.92. The molecule has 0 spiro atoms. The number of imide groups is 2. The number of rotatable bonds is 13. The third-order valence-corrected chi connectivity index (χ3v) is 13.0. The molecule has 1 aromatic heterocycles. The summed E-state index contributed by atoms with van der Waals surface area (Å²) in [5.74, 6) is -6.54. The van der Waals surface area contributed by atoms with Crippen LogP contribution in [0.25, 0.3) is 0 Å². The van der Waals surface area contributed by atoms with E-state index in [1.165, 1.54) is 20.4 Å². The summed E-state index contributed by atoms with van der Waals surface area (Å²) in [4.78, 5) is 91.6. The number of alkyl halides is 2. The normalized spacial score (nSPS) is 22.5. The van der Waals surface area contributed by atoms with E-state index in [1.54, 1.807) is 41.3 Å². The topological polar surface area (TPSA) is 199 Å². The van der Waals surface area contributed by atoms with Crippen LogP contribution in [-0.4, -0.2) is 126 Å². The lowest BCUT2D eigenvalue weighted by molar-refractivity contribution is -0.140. The molecule has 3 aliphatic heterocycles. The van der Waals surface area contributed by atoms with Gasteiger partial charge in [0.1, 0.15) is 17.5 Å². The summed E-state index contributed by atoms with van der Waals surface area (Å²) in [5.41, 5.74) is 2.07. The molecule has 2 aliphatic carbocycles. The van der Waals surface area contributed by atoms with Crippen LogP contribution < -0.4 is 35.8 Å². The van der Waals surface area contributed by atoms with Crippen molar-refractivity contribution in [3.8, 4) is 5.75 Å². The molecule has 6 amide bonds. The van der Waals surface area contributed by atoms with Gasteiger partial charge in [-0.1, -0.05) is 18.9 Å². The van der Waals surface area contributed by atoms with Gasteiger partial charge < -0.3 is 35.4 Å². The van der Waals surface area contributed by atoms with Crippen molar-refractivity contribution in [2.75, 3.05) is 61.3 Å². The third-order valence-electron chi connectivity index (χ3n) is 13.0. The average Bonchev–Trinajstić information content (AvgIpc) is 3.89. The van der Waals surface area contributed by atoms with Crippen LogP contribution in [0.5, 0.6) is 5.75 Å². The zero-order valence-electron chi connectivity index (χ0n) is 35.5. The second-order valence-electron chi connectivity index (χ2n) is 17.0. The highest BCUT2D eigenvalue weighted by molar-refractivity contribution is 6.25. The number of fused-ring (bicyclic) bond motifs is 2. The van der Waals surface area contributed by atoms with Gasteiger partial charge in [0.25, 0.3) is 23.6 Å². The van der Waals surface area contributed by atoms with E-state index in [0.29, 0.717) is 35.3 Å². The second kappa shape index (κ2) is 17.9. The molecule has 8 rings (SSSR count). The first kappa shape index (κ1) is 43.4. The molecule has 3 fully saturated rings. The van der Waals surface area contributed by atoms with Crippen molar-refractivity contribution in [3.05, 3.63) is 59.3 Å². The number of carbonyl (C=O) groups is 6. The maximum atomic E-state index is 15.0. The molecule has 3 aromatic rings. The number of hydrogen-bond acceptors (Lipinski definition) is 13. The first-order valence-electron chi connectivity index (χ1n) is 21.6. The monoisotopic (exact) mass is 870 g/mol. The number of halogens is 2. The number of carbonyl (C=O) groups excluding carboxylic acids is 6. The number of anilines is 5. The zero-order valence-corrected chi connectivity index (χ0v) is 35.5. The highest BCUT2D eigenvalue weighted by Gasteiger charge is 2.49. The highest BCUT2D eigenvalue weighted by atomic mass is 19.3. The summed E-state index contributed by atoms with van der Waals surface area (Å²) >= 11 is 0. The van der Waals surface area contributed by atoms with Crippen molar-refractivity contribution in [1.29, 1.82) is 0 Å². The largest absolute Gasteiger partial charge is 0.495 e. The average molecular weight is 871 g/mol. The predicted octanol–water partition coefficient (Wildman–Crippen LogP) is 4.47. The Bertz CT molecular complexity index is 2320. The molecule has 1 atom stereocenters. The lowest BCUT2D eigenvalue weighted by atomic mass is 9.90. The molecule has 0 radical (unpaired) electrons. The Morgan fingerprint density at radius 3 is 2.48 bits per heavy atom. The molecular weight excluding hydrogens is 819 g/mol. The number of methoxy groups -OCH3 is 1. The number of aromatic nitrogens is 2. The Kier molecular flexibility index (Phi) is 12.3. The van der Waals surface area contributed by atoms with Gasteiger partial charge in [-0.3, -0.25) is 39.0 Å². The van der Waals surface area contributed by atoms with Crippen LogP contribution in [0.1, 0.15) is 102 Å². The number of nitrogens with zero attached hydrogens (tertiary/aromatic N) is 6. The maximum Gasteiger partial charge on any atom is 0.342 e. The first-order valence-corrected chi connectivity index (χ1v) is 21.6. The minimum atomic E-state index is -3.59. The Labute approximate surface area is 363 Å². The van der Waals surface area contributed by atoms with Crippen molar-refractivity contribution in [2.24, 2.45) is 0 Å². The summed E-state index contributed by atoms with van der Waals surface area (Å²) in [6.45, 7) is 0.560. The van der Waals surface area contributed by atoms with Gasteiger partial charge in [0.05, 0.1) is 36.7 Å². The van der Waals surface area contributed by atoms with E-state index >= 15 is 8.78 Å². The molecule has 4 heterocycles. The lowest BCUT2D eigenvalue weighted by Gasteiger charge is -2.35. The molecular formula is C44H52F2N10O7. The van der Waals surface area contributed by atoms with Gasteiger partial charge in [-0.15, -0.1) is 0 Å². The van der Waals surface area contributed by atoms with Gasteiger partial charge in [-0.2, -0.15) is 13.8 Å². The number of benzene rings is 2. The molecule has 2 aromatic carbocycles. The van der Waals surface area contributed by atoms with Crippen LogP contribution in [0.15, 0.2) is 42.6 Å². The van der Waals surface area contributed by atoms with E-state index in [-0.39, 0.29) is 59.4 Å². The quantitative estimate of drug-likeness (QED) is 0.139. The number of ether oxygens (including phenoxy) is 1. The summed E-state index contributed by atoms with van der Waals surface area (Å²) in [7, 11) is 4.86. The van der Waals surface area contributed by atoms with E-state index in [1.807, 2.05) is 0 Å². The van der Waals surface area contributed by atoms with Crippen LogP contribution >= 0.6 is 0 Å². The minimum absolute atomic E-state index is 0.0130. The summed E-state index contributed by atoms with van der Waals surface area (Å²) < 4.78 is 35.7. The zero-order chi connectivity index (χ0) is 44.6. The van der Waals surface area contributed by atoms with E-state index < -0.39 is 48.0 Å². The van der Waals surface area contributed by atoms with E-state index in [2.05, 4.69) is 43.2 Å². The Morgan fingerprint density at radius 1 is 0.984 bits per heavy atom. The number of amides is 6. The Balaban J connectivity index is 0.819. The lowest BCUT2D eigenvalue weighted by Crippen LogP contribution is -2.54. The van der Waals surface area contributed by atoms with Crippen molar-refractivity contribution in [1.82, 2.24) is 30.4 Å². The predicted molar refractivity (Wildman–Crippen MR) is 229 cm³/mol. The Hall–Kier alpha value is -6.24. The molecule has 17 nitrogen and oxygen atoms in total. The molecule has 19 heteroatoms. The van der Waals surface area contributed by atoms with Crippen molar-refractivity contribution in [3.63, 3.8) is 0 Å². The van der Waals surface area contributed by atoms with Crippen LogP contribution in [0.3, 0.4) is 0 Å². The fourth-order valence-electron chi connectivity index (χ4n) is 9.49. The summed E-state index contributed by atoms with van der Waals surface area (Å²) in [6, 6.07) is 9.10. The summed E-state index contributed by atoms with van der Waals surface area (Å²) in [5, 5.41) is 11.8. The molecule has 0 bridgehead atoms. The second-order valence-corrected chi connectivity index (χ2v) is 17.0. The fraction of sp³-hybridized carbons (Fsp3) is 0.500. The van der Waals surface area contributed by atoms with Gasteiger partial charge in [-0.25, -0.2) is 4.98 Å². The van der Waals surface area contributed by atoms with Crippen molar-refractivity contribution >= 4 is 64.3 Å². The third kappa shape index (κ3) is 8.74. The van der Waals surface area contributed by atoms with Crippen molar-refractivity contribution < 1.29 is 42.3 Å². The van der Waals surface area contributed by atoms with Crippen LogP contribution in [0, 0.1) is 0 Å². The fourth-order valence-corrected chi connectivity index (χ4v) is 9.49. The molecule has 5 aliphatic rings. The van der Waals surface area contributed by atoms with Gasteiger partial charge >= 0.3 is 5.92 Å². The number of piperidine rings is 1. The van der Waals surface area contributed by atoms with Crippen molar-refractivity contribution in [2.45, 2.75) is 101 Å². The van der Waals surface area contributed by atoms with E-state index in [9.17, 15) is 28.8 Å². The van der Waals surface area contributed by atoms with Gasteiger partial charge in [0, 0.05) is 49.4 Å². The van der Waals surface area contributed by atoms with Gasteiger partial charge in [0.15, 0.2) is 5.82 Å². The maximum absolute atomic E-state index is 15.0. The molecule has 63 heavy (non-hydrogen) atoms. The van der Waals surface area contributed by atoms with E-state index in [4.69, 9.17) is 4.74 Å². The smallest absolute Gasteiger partial charge is 0.342 e. The number of nitrogens with one attached hydrogen (secondary N) is 4. The van der Waals surface area contributed by atoms with E-state index in [0.717, 1.165) is 74.1 Å². The van der Waals surface area contributed by atoms with Crippen LogP contribution in [0.2, 0.25) is 0 Å². The SMILES string of the molecule is COc1cc(C(=O)NC2CCC(N(C)CCCNc3cccc4c3C(=O)N(C3CCC(=O)NC3=O)C4=O)CC2)ccc1Nc1ncc2c(n1)N(C1CCCC1)CC(F)(F)C(=O)N2C. The molecule has 1 saturated heterocycles. The van der Waals surface area contributed by atoms with Crippen LogP contribution in [0.4, 0.5) is 37.6 Å². The standard InChI is InChI=1S/C44H52F2N10O7/c1-53(21-7-20-47-31-11-6-10-29-36(31)41(61)56(40(29)60)32-18-19-35(57)51-39(32)59)27-15-13-26(14-16-27)49-38(58)25-12-17-30(34(22-25)63-3)50-43-48-23-33-37(52-43)55(28-8-4-5-9-28)24-44(45,46)42(62)54(33)2/h6,10-12,17,22-23,26-28,32,47H,4-5,7-9,13-16,18-21,24H2,1-3H3,(H,49,58)(H,48,50,52)(H,51,57,59). The molecule has 334 valence electrons. The van der Waals surface area contributed by atoms with Gasteiger partial charge in [-0.05, 0) is 95.3 Å². The molecule has 4 N–H and O–H groups in total.